The summed E-state index contributed by atoms with van der Waals surface area (Å²) in [5.41, 5.74) is 2.99. The van der Waals surface area contributed by atoms with Crippen LogP contribution in [0.1, 0.15) is 36.7 Å². The van der Waals surface area contributed by atoms with Crippen LogP contribution >= 0.6 is 11.6 Å². The first kappa shape index (κ1) is 13.1. The fourth-order valence-corrected chi connectivity index (χ4v) is 2.64. The second kappa shape index (κ2) is 5.25. The molecular formula is C16H16ClN3. The van der Waals surface area contributed by atoms with Gasteiger partial charge in [0.25, 0.3) is 0 Å². The number of hydrogen-bond donors (Lipinski definition) is 0. The van der Waals surface area contributed by atoms with Gasteiger partial charge in [-0.3, -0.25) is 0 Å². The van der Waals surface area contributed by atoms with E-state index in [1.807, 2.05) is 37.3 Å². The average molecular weight is 286 g/mol. The second-order valence-corrected chi connectivity index (χ2v) is 5.54. The number of rotatable bonds is 3. The highest BCUT2D eigenvalue weighted by Gasteiger charge is 2.20. The Labute approximate surface area is 123 Å². The average Bonchev–Trinajstić information content (AvgIpc) is 2.87. The first-order valence-corrected chi connectivity index (χ1v) is 7.14. The lowest BCUT2D eigenvalue weighted by atomic mass is 10.1. The number of hydrogen-bond acceptors (Lipinski definition) is 2. The van der Waals surface area contributed by atoms with E-state index in [0.717, 1.165) is 17.0 Å². The summed E-state index contributed by atoms with van der Waals surface area (Å²) in [6, 6.07) is 14.3. The quantitative estimate of drug-likeness (QED) is 0.670. The zero-order chi connectivity index (χ0) is 14.1. The molecule has 3 nitrogen and oxygen atoms in total. The van der Waals surface area contributed by atoms with E-state index in [1.54, 1.807) is 6.20 Å². The molecule has 0 aliphatic heterocycles. The van der Waals surface area contributed by atoms with Gasteiger partial charge >= 0.3 is 0 Å². The Kier molecular flexibility index (Phi) is 3.45. The second-order valence-electron chi connectivity index (χ2n) is 4.89. The molecule has 2 aromatic heterocycles. The molecule has 4 heteroatoms. The van der Waals surface area contributed by atoms with Crippen molar-refractivity contribution in [3.63, 3.8) is 0 Å². The largest absolute Gasteiger partial charge is 0.304 e. The van der Waals surface area contributed by atoms with Gasteiger partial charge in [0.15, 0.2) is 5.65 Å². The van der Waals surface area contributed by atoms with Gasteiger partial charge in [-0.2, -0.15) is 0 Å². The van der Waals surface area contributed by atoms with E-state index in [4.69, 9.17) is 11.6 Å². The van der Waals surface area contributed by atoms with Crippen molar-refractivity contribution in [3.05, 3.63) is 60.0 Å². The number of benzene rings is 1. The molecule has 0 amide bonds. The third-order valence-electron chi connectivity index (χ3n) is 3.50. The van der Waals surface area contributed by atoms with Crippen LogP contribution in [0.5, 0.6) is 0 Å². The van der Waals surface area contributed by atoms with E-state index in [9.17, 15) is 0 Å². The predicted molar refractivity (Wildman–Crippen MR) is 82.1 cm³/mol. The highest BCUT2D eigenvalue weighted by molar-refractivity contribution is 6.20. The molecule has 0 saturated heterocycles. The topological polar surface area (TPSA) is 30.7 Å². The molecule has 2 atom stereocenters. The molecule has 20 heavy (non-hydrogen) atoms. The molecular weight excluding hydrogens is 270 g/mol. The number of alkyl halides is 1. The van der Waals surface area contributed by atoms with Crippen molar-refractivity contribution in [3.8, 4) is 0 Å². The van der Waals surface area contributed by atoms with Crippen molar-refractivity contribution < 1.29 is 0 Å². The summed E-state index contributed by atoms with van der Waals surface area (Å²) < 4.78 is 2.13. The fraction of sp³-hybridized carbons (Fsp3) is 0.250. The minimum atomic E-state index is -0.157. The summed E-state index contributed by atoms with van der Waals surface area (Å²) in [4.78, 5) is 9.10. The van der Waals surface area contributed by atoms with Gasteiger partial charge in [0, 0.05) is 6.20 Å². The number of imidazole rings is 1. The smallest absolute Gasteiger partial charge is 0.160 e. The van der Waals surface area contributed by atoms with Crippen molar-refractivity contribution in [2.24, 2.45) is 0 Å². The maximum atomic E-state index is 6.30. The Balaban J connectivity index is 2.21. The van der Waals surface area contributed by atoms with Gasteiger partial charge in [0.1, 0.15) is 11.3 Å². The molecule has 0 aliphatic rings. The summed E-state index contributed by atoms with van der Waals surface area (Å²) in [5.74, 6) is 0.858. The normalized spacial score (nSPS) is 14.3. The zero-order valence-corrected chi connectivity index (χ0v) is 12.2. The van der Waals surface area contributed by atoms with E-state index in [1.165, 1.54) is 5.56 Å². The molecule has 0 N–H and O–H groups in total. The number of nitrogens with zero attached hydrogens (tertiary/aromatic N) is 3. The molecule has 0 radical (unpaired) electrons. The monoisotopic (exact) mass is 285 g/mol. The summed E-state index contributed by atoms with van der Waals surface area (Å²) in [5, 5.41) is -0.157. The Morgan fingerprint density at radius 3 is 2.50 bits per heavy atom. The van der Waals surface area contributed by atoms with Crippen LogP contribution in [0.25, 0.3) is 11.2 Å². The Morgan fingerprint density at radius 2 is 1.80 bits per heavy atom. The maximum absolute atomic E-state index is 6.30. The Bertz CT molecular complexity index is 719. The lowest BCUT2D eigenvalue weighted by Gasteiger charge is -2.18. The van der Waals surface area contributed by atoms with E-state index in [2.05, 4.69) is 33.6 Å². The predicted octanol–water partition coefficient (Wildman–Crippen LogP) is 4.34. The Morgan fingerprint density at radius 1 is 1.05 bits per heavy atom. The standard InChI is InChI=1S/C16H16ClN3/c1-11(17)15-19-14-9-6-10-18-16(14)20(15)12(2)13-7-4-3-5-8-13/h3-12H,1-2H3. The molecule has 0 fully saturated rings. The number of aromatic nitrogens is 3. The highest BCUT2D eigenvalue weighted by atomic mass is 35.5. The van der Waals surface area contributed by atoms with E-state index >= 15 is 0 Å². The third kappa shape index (κ3) is 2.18. The van der Waals surface area contributed by atoms with Gasteiger partial charge in [-0.1, -0.05) is 30.3 Å². The van der Waals surface area contributed by atoms with Gasteiger partial charge < -0.3 is 4.57 Å². The molecule has 0 spiro atoms. The van der Waals surface area contributed by atoms with Crippen LogP contribution in [0.15, 0.2) is 48.7 Å². The lowest BCUT2D eigenvalue weighted by Crippen LogP contribution is -2.11. The van der Waals surface area contributed by atoms with Gasteiger partial charge in [0.05, 0.1) is 11.4 Å². The molecule has 102 valence electrons. The van der Waals surface area contributed by atoms with Crippen LogP contribution in [-0.2, 0) is 0 Å². The van der Waals surface area contributed by atoms with Crippen molar-refractivity contribution in [2.45, 2.75) is 25.3 Å². The van der Waals surface area contributed by atoms with Crippen molar-refractivity contribution in [1.29, 1.82) is 0 Å². The van der Waals surface area contributed by atoms with Crippen LogP contribution in [0.3, 0.4) is 0 Å². The Hall–Kier alpha value is -1.87. The third-order valence-corrected chi connectivity index (χ3v) is 3.70. The van der Waals surface area contributed by atoms with Crippen LogP contribution in [0.2, 0.25) is 0 Å². The SMILES string of the molecule is CC(Cl)c1nc2cccnc2n1C(C)c1ccccc1. The summed E-state index contributed by atoms with van der Waals surface area (Å²) in [6.07, 6.45) is 1.79. The molecule has 0 aliphatic carbocycles. The van der Waals surface area contributed by atoms with Gasteiger partial charge in [-0.25, -0.2) is 9.97 Å². The molecule has 2 unspecified atom stereocenters. The van der Waals surface area contributed by atoms with E-state index in [0.29, 0.717) is 0 Å². The number of fused-ring (bicyclic) bond motifs is 1. The summed E-state index contributed by atoms with van der Waals surface area (Å²) in [6.45, 7) is 4.09. The first-order valence-electron chi connectivity index (χ1n) is 6.70. The van der Waals surface area contributed by atoms with Gasteiger partial charge in [-0.05, 0) is 31.5 Å². The van der Waals surface area contributed by atoms with Gasteiger partial charge in [-0.15, -0.1) is 11.6 Å². The van der Waals surface area contributed by atoms with Crippen LogP contribution in [0, 0.1) is 0 Å². The first-order chi connectivity index (χ1) is 9.68. The van der Waals surface area contributed by atoms with Crippen molar-refractivity contribution in [1.82, 2.24) is 14.5 Å². The maximum Gasteiger partial charge on any atom is 0.160 e. The van der Waals surface area contributed by atoms with E-state index < -0.39 is 0 Å². The van der Waals surface area contributed by atoms with Gasteiger partial charge in [0.2, 0.25) is 0 Å². The minimum absolute atomic E-state index is 0.146. The fourth-order valence-electron chi connectivity index (χ4n) is 2.49. The lowest BCUT2D eigenvalue weighted by molar-refractivity contribution is 0.614. The highest BCUT2D eigenvalue weighted by Crippen LogP contribution is 2.29. The van der Waals surface area contributed by atoms with Crippen LogP contribution in [0.4, 0.5) is 0 Å². The number of halogens is 1. The summed E-state index contributed by atoms with van der Waals surface area (Å²) in [7, 11) is 0. The zero-order valence-electron chi connectivity index (χ0n) is 11.5. The van der Waals surface area contributed by atoms with Crippen molar-refractivity contribution >= 4 is 22.8 Å². The molecule has 3 aromatic rings. The van der Waals surface area contributed by atoms with Crippen LogP contribution < -0.4 is 0 Å². The summed E-state index contributed by atoms with van der Waals surface area (Å²) >= 11 is 6.30. The minimum Gasteiger partial charge on any atom is -0.304 e. The molecule has 2 heterocycles. The van der Waals surface area contributed by atoms with E-state index in [-0.39, 0.29) is 11.4 Å². The molecule has 0 bridgehead atoms. The van der Waals surface area contributed by atoms with Crippen molar-refractivity contribution in [2.75, 3.05) is 0 Å². The van der Waals surface area contributed by atoms with Crippen LogP contribution in [-0.4, -0.2) is 14.5 Å². The number of pyridine rings is 1. The molecule has 1 aromatic carbocycles. The molecule has 0 saturated carbocycles. The molecule has 3 rings (SSSR count).